The van der Waals surface area contributed by atoms with Gasteiger partial charge in [0.15, 0.2) is 0 Å². The zero-order chi connectivity index (χ0) is 22.0. The summed E-state index contributed by atoms with van der Waals surface area (Å²) >= 11 is 0. The van der Waals surface area contributed by atoms with Crippen LogP contribution in [-0.2, 0) is 5.41 Å². The second-order valence-electron chi connectivity index (χ2n) is 7.77. The predicted molar refractivity (Wildman–Crippen MR) is 118 cm³/mol. The molecule has 0 saturated heterocycles. The number of benzene rings is 2. The van der Waals surface area contributed by atoms with E-state index in [0.717, 1.165) is 16.5 Å². The summed E-state index contributed by atoms with van der Waals surface area (Å²) < 4.78 is 6.01. The summed E-state index contributed by atoms with van der Waals surface area (Å²) in [7, 11) is 0. The van der Waals surface area contributed by atoms with Crippen molar-refractivity contribution in [3.05, 3.63) is 77.7 Å². The van der Waals surface area contributed by atoms with E-state index in [0.29, 0.717) is 28.5 Å². The summed E-state index contributed by atoms with van der Waals surface area (Å²) in [4.78, 5) is 24.3. The molecule has 0 aliphatic heterocycles. The Bertz CT molecular complexity index is 1320. The van der Waals surface area contributed by atoms with E-state index >= 15 is 0 Å². The second kappa shape index (κ2) is 7.92. The molecule has 2 heterocycles. The van der Waals surface area contributed by atoms with Gasteiger partial charge in [-0.2, -0.15) is 5.26 Å². The van der Waals surface area contributed by atoms with Crippen LogP contribution < -0.4 is 10.1 Å². The Hall–Kier alpha value is -4.18. The lowest BCUT2D eigenvalue weighted by molar-refractivity contribution is 0.102. The molecule has 0 spiro atoms. The first-order chi connectivity index (χ1) is 14.9. The van der Waals surface area contributed by atoms with Gasteiger partial charge < -0.3 is 15.0 Å². The number of nitrogens with one attached hydrogen (secondary N) is 2. The van der Waals surface area contributed by atoms with Crippen LogP contribution in [-0.4, -0.2) is 20.9 Å². The van der Waals surface area contributed by atoms with Crippen molar-refractivity contribution in [3.8, 4) is 17.7 Å². The van der Waals surface area contributed by atoms with E-state index in [9.17, 15) is 10.1 Å². The Balaban J connectivity index is 1.58. The molecule has 2 aromatic heterocycles. The number of carbonyl (C=O) groups excluding carboxylic acids is 1. The fourth-order valence-corrected chi connectivity index (χ4v) is 3.14. The molecule has 7 nitrogen and oxygen atoms in total. The van der Waals surface area contributed by atoms with Crippen molar-refractivity contribution in [1.82, 2.24) is 15.0 Å². The average Bonchev–Trinajstić information content (AvgIpc) is 3.25. The third-order valence-corrected chi connectivity index (χ3v) is 5.10. The zero-order valence-corrected chi connectivity index (χ0v) is 17.4. The van der Waals surface area contributed by atoms with E-state index in [1.165, 1.54) is 6.33 Å². The van der Waals surface area contributed by atoms with Gasteiger partial charge in [0, 0.05) is 17.4 Å². The number of aromatic amines is 1. The number of anilines is 1. The van der Waals surface area contributed by atoms with Crippen LogP contribution in [0.3, 0.4) is 0 Å². The van der Waals surface area contributed by atoms with Crippen LogP contribution in [0.2, 0.25) is 0 Å². The Morgan fingerprint density at radius 2 is 2.00 bits per heavy atom. The first kappa shape index (κ1) is 20.1. The molecule has 4 aromatic rings. The number of rotatable bonds is 5. The Morgan fingerprint density at radius 3 is 2.81 bits per heavy atom. The number of hydrogen-bond donors (Lipinski definition) is 2. The summed E-state index contributed by atoms with van der Waals surface area (Å²) in [5.41, 5.74) is 2.81. The largest absolute Gasteiger partial charge is 0.438 e. The summed E-state index contributed by atoms with van der Waals surface area (Å²) in [6.45, 7) is 5.58. The monoisotopic (exact) mass is 411 g/mol. The summed E-state index contributed by atoms with van der Waals surface area (Å²) in [6, 6.07) is 16.7. The van der Waals surface area contributed by atoms with Gasteiger partial charge in [-0.15, -0.1) is 0 Å². The number of aryl methyl sites for hydroxylation is 1. The molecule has 0 atom stereocenters. The van der Waals surface area contributed by atoms with E-state index in [4.69, 9.17) is 4.74 Å². The molecule has 2 aromatic carbocycles. The molecule has 0 bridgehead atoms. The smallest absolute Gasteiger partial charge is 0.255 e. The summed E-state index contributed by atoms with van der Waals surface area (Å²) in [6.07, 6.45) is 3.19. The fourth-order valence-electron chi connectivity index (χ4n) is 3.14. The highest BCUT2D eigenvalue weighted by molar-refractivity contribution is 6.04. The number of ether oxygens (including phenoxy) is 1. The lowest BCUT2D eigenvalue weighted by Gasteiger charge is -2.17. The number of nitriles is 1. The van der Waals surface area contributed by atoms with Crippen LogP contribution in [0.25, 0.3) is 11.0 Å². The molecule has 0 fully saturated rings. The van der Waals surface area contributed by atoms with Gasteiger partial charge in [0.2, 0.25) is 5.88 Å². The summed E-state index contributed by atoms with van der Waals surface area (Å²) in [5, 5.41) is 13.0. The maximum Gasteiger partial charge on any atom is 0.255 e. The average molecular weight is 411 g/mol. The maximum atomic E-state index is 12.9. The van der Waals surface area contributed by atoms with Gasteiger partial charge in [0.1, 0.15) is 17.7 Å². The maximum absolute atomic E-state index is 12.9. The van der Waals surface area contributed by atoms with E-state index in [-0.39, 0.29) is 5.91 Å². The van der Waals surface area contributed by atoms with Crippen LogP contribution >= 0.6 is 0 Å². The van der Waals surface area contributed by atoms with E-state index in [1.807, 2.05) is 51.1 Å². The topological polar surface area (TPSA) is 104 Å². The van der Waals surface area contributed by atoms with Gasteiger partial charge in [-0.05, 0) is 62.2 Å². The van der Waals surface area contributed by atoms with E-state index in [1.54, 1.807) is 24.4 Å². The molecule has 31 heavy (non-hydrogen) atoms. The number of aromatic nitrogens is 3. The number of nitrogens with zero attached hydrogens (tertiary/aromatic N) is 3. The Labute approximate surface area is 179 Å². The number of fused-ring (bicyclic) bond motifs is 1. The third-order valence-electron chi connectivity index (χ3n) is 5.10. The normalized spacial score (nSPS) is 11.2. The van der Waals surface area contributed by atoms with Gasteiger partial charge in [0.25, 0.3) is 5.91 Å². The molecule has 0 saturated carbocycles. The second-order valence-corrected chi connectivity index (χ2v) is 7.77. The molecule has 4 rings (SSSR count). The van der Waals surface area contributed by atoms with Gasteiger partial charge >= 0.3 is 0 Å². The molecule has 0 aliphatic carbocycles. The molecule has 0 radical (unpaired) electrons. The van der Waals surface area contributed by atoms with Gasteiger partial charge in [-0.25, -0.2) is 9.97 Å². The van der Waals surface area contributed by atoms with Gasteiger partial charge in [-0.3, -0.25) is 4.79 Å². The zero-order valence-electron chi connectivity index (χ0n) is 17.4. The highest BCUT2D eigenvalue weighted by Crippen LogP contribution is 2.30. The van der Waals surface area contributed by atoms with Crippen molar-refractivity contribution >= 4 is 22.6 Å². The van der Waals surface area contributed by atoms with Crippen molar-refractivity contribution < 1.29 is 9.53 Å². The number of amides is 1. The number of hydrogen-bond acceptors (Lipinski definition) is 5. The van der Waals surface area contributed by atoms with Crippen molar-refractivity contribution in [2.75, 3.05) is 5.32 Å². The van der Waals surface area contributed by atoms with Crippen molar-refractivity contribution in [1.29, 1.82) is 5.26 Å². The molecular weight excluding hydrogens is 390 g/mol. The van der Waals surface area contributed by atoms with Crippen LogP contribution in [0.15, 0.2) is 61.1 Å². The minimum absolute atomic E-state index is 0.272. The first-order valence-electron chi connectivity index (χ1n) is 9.77. The van der Waals surface area contributed by atoms with Crippen molar-refractivity contribution in [3.63, 3.8) is 0 Å². The summed E-state index contributed by atoms with van der Waals surface area (Å²) in [5.74, 6) is 0.679. The van der Waals surface area contributed by atoms with E-state index < -0.39 is 5.41 Å². The van der Waals surface area contributed by atoms with Crippen molar-refractivity contribution in [2.45, 2.75) is 26.2 Å². The SMILES string of the molecule is Cc1ccc(C(=O)Nc2cccc(C(C)(C)C#N)c2)cc1Oc1ncnc2[nH]ccc12. The van der Waals surface area contributed by atoms with Gasteiger partial charge in [-0.1, -0.05) is 18.2 Å². The lowest BCUT2D eigenvalue weighted by atomic mass is 9.86. The predicted octanol–water partition coefficient (Wildman–Crippen LogP) is 5.11. The Morgan fingerprint density at radius 1 is 1.16 bits per heavy atom. The quantitative estimate of drug-likeness (QED) is 0.475. The number of H-pyrrole nitrogens is 1. The van der Waals surface area contributed by atoms with Crippen LogP contribution in [0, 0.1) is 18.3 Å². The van der Waals surface area contributed by atoms with Crippen LogP contribution in [0.4, 0.5) is 5.69 Å². The molecule has 7 heteroatoms. The highest BCUT2D eigenvalue weighted by Gasteiger charge is 2.20. The fraction of sp³-hybridized carbons (Fsp3) is 0.167. The standard InChI is InChI=1S/C24H21N5O2/c1-15-7-8-16(11-20(15)31-23-19-9-10-26-21(19)27-14-28-23)22(30)29-18-6-4-5-17(12-18)24(2,3)13-25/h4-12,14H,1-3H3,(H,29,30)(H,26,27,28). The lowest BCUT2D eigenvalue weighted by Crippen LogP contribution is -2.16. The molecule has 0 unspecified atom stereocenters. The van der Waals surface area contributed by atoms with Crippen LogP contribution in [0.1, 0.15) is 35.3 Å². The number of carbonyl (C=O) groups is 1. The molecule has 1 amide bonds. The highest BCUT2D eigenvalue weighted by atomic mass is 16.5. The van der Waals surface area contributed by atoms with E-state index in [2.05, 4.69) is 26.3 Å². The van der Waals surface area contributed by atoms with Gasteiger partial charge in [0.05, 0.1) is 16.9 Å². The molecule has 0 aliphatic rings. The van der Waals surface area contributed by atoms with Crippen molar-refractivity contribution in [2.24, 2.45) is 0 Å². The minimum atomic E-state index is -0.646. The first-order valence-corrected chi connectivity index (χ1v) is 9.77. The Kier molecular flexibility index (Phi) is 5.14. The molecular formula is C24H21N5O2. The van der Waals surface area contributed by atoms with Crippen LogP contribution in [0.5, 0.6) is 11.6 Å². The molecule has 2 N–H and O–H groups in total. The molecule has 154 valence electrons. The minimum Gasteiger partial charge on any atom is -0.438 e. The third kappa shape index (κ3) is 4.09.